The van der Waals surface area contributed by atoms with Crippen molar-refractivity contribution in [3.8, 4) is 0 Å². The maximum atomic E-state index is 12.8. The molecular formula is C27H35N5O6Si. The highest BCUT2D eigenvalue weighted by molar-refractivity contribution is 6.74. The van der Waals surface area contributed by atoms with Gasteiger partial charge >= 0.3 is 5.97 Å². The molecule has 2 aromatic heterocycles. The first-order valence-corrected chi connectivity index (χ1v) is 15.5. The van der Waals surface area contributed by atoms with Gasteiger partial charge in [-0.25, -0.2) is 19.7 Å². The molecule has 0 spiro atoms. The van der Waals surface area contributed by atoms with Crippen molar-refractivity contribution in [1.29, 1.82) is 0 Å². The number of fused-ring (bicyclic) bond motifs is 1. The number of imidazole rings is 1. The van der Waals surface area contributed by atoms with Gasteiger partial charge in [0.15, 0.2) is 31.5 Å². The highest BCUT2D eigenvalue weighted by Crippen LogP contribution is 2.43. The van der Waals surface area contributed by atoms with E-state index in [1.165, 1.54) is 19.5 Å². The molecule has 1 saturated heterocycles. The van der Waals surface area contributed by atoms with E-state index in [2.05, 4.69) is 54.1 Å². The second-order valence-corrected chi connectivity index (χ2v) is 15.5. The Balaban J connectivity index is 1.73. The number of carbonyl (C=O) groups excluding carboxylic acids is 2. The van der Waals surface area contributed by atoms with E-state index in [0.29, 0.717) is 16.7 Å². The molecule has 4 rings (SSSR count). The number of hydrogen-bond acceptors (Lipinski definition) is 9. The van der Waals surface area contributed by atoms with Crippen molar-refractivity contribution in [2.45, 2.75) is 63.4 Å². The molecule has 11 nitrogen and oxygen atoms in total. The average molecular weight is 554 g/mol. The molecule has 0 bridgehead atoms. The first-order valence-electron chi connectivity index (χ1n) is 12.6. The second-order valence-electron chi connectivity index (χ2n) is 10.8. The third-order valence-electron chi connectivity index (χ3n) is 7.26. The van der Waals surface area contributed by atoms with E-state index in [9.17, 15) is 9.59 Å². The molecule has 12 heteroatoms. The minimum Gasteiger partial charge on any atom is -0.466 e. The molecular weight excluding hydrogens is 518 g/mol. The topological polar surface area (TPSA) is 127 Å². The predicted molar refractivity (Wildman–Crippen MR) is 148 cm³/mol. The van der Waals surface area contributed by atoms with E-state index in [1.807, 2.05) is 6.07 Å². The summed E-state index contributed by atoms with van der Waals surface area (Å²) in [5, 5.41) is 2.74. The molecule has 1 amide bonds. The molecule has 0 radical (unpaired) electrons. The van der Waals surface area contributed by atoms with E-state index < -0.39 is 38.8 Å². The Hall–Kier alpha value is -3.45. The molecule has 4 atom stereocenters. The molecule has 208 valence electrons. The van der Waals surface area contributed by atoms with E-state index in [0.717, 1.165) is 0 Å². The fourth-order valence-electron chi connectivity index (χ4n) is 4.09. The van der Waals surface area contributed by atoms with Crippen molar-refractivity contribution >= 4 is 37.2 Å². The van der Waals surface area contributed by atoms with Crippen molar-refractivity contribution < 1.29 is 28.2 Å². The lowest BCUT2D eigenvalue weighted by Gasteiger charge is -2.40. The summed E-state index contributed by atoms with van der Waals surface area (Å²) in [4.78, 5) is 37.8. The monoisotopic (exact) mass is 553 g/mol. The Morgan fingerprint density at radius 1 is 1.08 bits per heavy atom. The lowest BCUT2D eigenvalue weighted by Crippen LogP contribution is -2.49. The quantitative estimate of drug-likeness (QED) is 0.249. The Kier molecular flexibility index (Phi) is 8.30. The highest BCUT2D eigenvalue weighted by atomic mass is 28.4. The molecule has 1 aromatic carbocycles. The third kappa shape index (κ3) is 5.93. The summed E-state index contributed by atoms with van der Waals surface area (Å²) < 4.78 is 25.7. The van der Waals surface area contributed by atoms with Gasteiger partial charge in [-0.05, 0) is 36.3 Å². The van der Waals surface area contributed by atoms with Gasteiger partial charge in [-0.1, -0.05) is 39.0 Å². The maximum absolute atomic E-state index is 12.8. The molecule has 1 N–H and O–H groups in total. The zero-order chi connectivity index (χ0) is 28.4. The lowest BCUT2D eigenvalue weighted by atomic mass is 10.1. The van der Waals surface area contributed by atoms with Gasteiger partial charge in [0, 0.05) is 18.7 Å². The molecule has 0 unspecified atom stereocenters. The molecule has 0 aliphatic carbocycles. The number of ether oxygens (including phenoxy) is 3. The third-order valence-corrected chi connectivity index (χ3v) is 11.7. The number of hydrogen-bond donors (Lipinski definition) is 1. The van der Waals surface area contributed by atoms with Crippen LogP contribution in [0.1, 0.15) is 37.4 Å². The summed E-state index contributed by atoms with van der Waals surface area (Å²) in [7, 11) is 0.599. The van der Waals surface area contributed by atoms with E-state index in [4.69, 9.17) is 18.6 Å². The molecule has 39 heavy (non-hydrogen) atoms. The number of anilines is 1. The first-order chi connectivity index (χ1) is 18.5. The van der Waals surface area contributed by atoms with Crippen LogP contribution < -0.4 is 5.32 Å². The van der Waals surface area contributed by atoms with E-state index >= 15 is 0 Å². The fraction of sp³-hybridized carbons (Fsp3) is 0.444. The Labute approximate surface area is 228 Å². The van der Waals surface area contributed by atoms with Gasteiger partial charge in [0.25, 0.3) is 5.91 Å². The predicted octanol–water partition coefficient (Wildman–Crippen LogP) is 4.11. The van der Waals surface area contributed by atoms with Gasteiger partial charge < -0.3 is 24.0 Å². The molecule has 0 saturated carbocycles. The number of rotatable bonds is 8. The van der Waals surface area contributed by atoms with Crippen LogP contribution in [0.15, 0.2) is 55.1 Å². The van der Waals surface area contributed by atoms with Gasteiger partial charge in [0.1, 0.15) is 24.6 Å². The number of methoxy groups -OCH3 is 2. The van der Waals surface area contributed by atoms with E-state index in [-0.39, 0.29) is 16.8 Å². The van der Waals surface area contributed by atoms with Gasteiger partial charge in [-0.2, -0.15) is 0 Å². The van der Waals surface area contributed by atoms with Crippen LogP contribution in [0.5, 0.6) is 0 Å². The molecule has 1 aliphatic rings. The summed E-state index contributed by atoms with van der Waals surface area (Å²) in [5.74, 6) is -0.537. The number of nitrogens with one attached hydrogen (secondary N) is 1. The number of esters is 1. The van der Waals surface area contributed by atoms with Crippen LogP contribution in [-0.2, 0) is 23.4 Å². The van der Waals surface area contributed by atoms with Gasteiger partial charge in [-0.3, -0.25) is 9.36 Å². The molecule has 1 fully saturated rings. The van der Waals surface area contributed by atoms with Gasteiger partial charge in [0.05, 0.1) is 13.4 Å². The summed E-state index contributed by atoms with van der Waals surface area (Å²) >= 11 is 0. The molecule has 3 heterocycles. The number of aromatic nitrogens is 4. The Bertz CT molecular complexity index is 1350. The van der Waals surface area contributed by atoms with Crippen molar-refractivity contribution in [3.05, 3.63) is 60.7 Å². The lowest BCUT2D eigenvalue weighted by molar-refractivity contribution is -0.134. The van der Waals surface area contributed by atoms with E-state index in [1.54, 1.807) is 48.3 Å². The maximum Gasteiger partial charge on any atom is 0.330 e. The Morgan fingerprint density at radius 2 is 1.79 bits per heavy atom. The van der Waals surface area contributed by atoms with Gasteiger partial charge in [-0.15, -0.1) is 0 Å². The average Bonchev–Trinajstić information content (AvgIpc) is 3.48. The zero-order valence-electron chi connectivity index (χ0n) is 23.2. The number of nitrogens with zero attached hydrogens (tertiary/aromatic N) is 4. The normalized spacial score (nSPS) is 21.9. The summed E-state index contributed by atoms with van der Waals surface area (Å²) in [5.41, 5.74) is 1.35. The number of amides is 1. The van der Waals surface area contributed by atoms with Crippen LogP contribution >= 0.6 is 0 Å². The van der Waals surface area contributed by atoms with Gasteiger partial charge in [0.2, 0.25) is 0 Å². The van der Waals surface area contributed by atoms with Crippen LogP contribution in [0.2, 0.25) is 18.1 Å². The van der Waals surface area contributed by atoms with Crippen molar-refractivity contribution in [3.63, 3.8) is 0 Å². The van der Waals surface area contributed by atoms with Crippen LogP contribution in [0, 0.1) is 0 Å². The van der Waals surface area contributed by atoms with Crippen molar-refractivity contribution in [1.82, 2.24) is 19.5 Å². The van der Waals surface area contributed by atoms with Crippen molar-refractivity contribution in [2.24, 2.45) is 0 Å². The molecule has 3 aromatic rings. The highest BCUT2D eigenvalue weighted by Gasteiger charge is 2.51. The largest absolute Gasteiger partial charge is 0.466 e. The zero-order valence-corrected chi connectivity index (χ0v) is 24.2. The summed E-state index contributed by atoms with van der Waals surface area (Å²) in [6.07, 6.45) is 3.51. The van der Waals surface area contributed by atoms with Crippen molar-refractivity contribution in [2.75, 3.05) is 19.5 Å². The SMILES string of the molecule is COC(=O)/C=C/[C@H]1O[C@@H](n2cnc3c(NC(=O)c4ccccc4)ncnc32)[C@H](O[Si](C)(C)C(C)(C)C)[C@@H]1OC. The minimum atomic E-state index is -2.30. The summed E-state index contributed by atoms with van der Waals surface area (Å²) in [6, 6.07) is 8.85. The first kappa shape index (κ1) is 28.6. The smallest absolute Gasteiger partial charge is 0.330 e. The number of benzene rings is 1. The summed E-state index contributed by atoms with van der Waals surface area (Å²) in [6.45, 7) is 10.8. The minimum absolute atomic E-state index is 0.0795. The standard InChI is InChI=1S/C27H35N5O6Si/c1-27(2,3)39(6,7)38-22-21(36-5)18(13-14-19(33)35-4)37-26(22)32-16-30-20-23(28-15-29-24(20)32)31-25(34)17-11-9-8-10-12-17/h8-16,18,21-22,26H,1-7H3,(H,28,29,31,34)/b14-13+/t18-,21-,22-,26-/m1/s1. The number of carbonyl (C=O) groups is 2. The fourth-order valence-corrected chi connectivity index (χ4v) is 5.38. The van der Waals surface area contributed by atoms with Crippen LogP contribution in [-0.4, -0.2) is 72.2 Å². The van der Waals surface area contributed by atoms with Crippen LogP contribution in [0.3, 0.4) is 0 Å². The van der Waals surface area contributed by atoms with Crippen LogP contribution in [0.25, 0.3) is 11.2 Å². The van der Waals surface area contributed by atoms with Crippen LogP contribution in [0.4, 0.5) is 5.82 Å². The molecule has 1 aliphatic heterocycles. The second kappa shape index (κ2) is 11.3. The Morgan fingerprint density at radius 3 is 2.44 bits per heavy atom.